The van der Waals surface area contributed by atoms with E-state index in [9.17, 15) is 0 Å². The fourth-order valence-electron chi connectivity index (χ4n) is 3.68. The molecule has 1 aliphatic carbocycles. The molecule has 3 atom stereocenters. The van der Waals surface area contributed by atoms with Gasteiger partial charge in [0.05, 0.1) is 0 Å². The molecule has 3 aliphatic rings. The van der Waals surface area contributed by atoms with E-state index in [0.29, 0.717) is 0 Å². The molecular weight excluding hydrogens is 232 g/mol. The van der Waals surface area contributed by atoms with Gasteiger partial charge in [-0.1, -0.05) is 12.8 Å². The van der Waals surface area contributed by atoms with Crippen molar-refractivity contribution in [3.05, 3.63) is 5.92 Å². The SMILES string of the molecule is C1CCC(C2CCCS2)[C](C2CCCS2)C1. The molecule has 0 N–H and O–H groups in total. The minimum absolute atomic E-state index is 0.964. The van der Waals surface area contributed by atoms with E-state index in [1.165, 1.54) is 62.9 Å². The zero-order valence-corrected chi connectivity index (χ0v) is 11.8. The van der Waals surface area contributed by atoms with Crippen LogP contribution in [0.25, 0.3) is 0 Å². The zero-order valence-electron chi connectivity index (χ0n) is 10.1. The molecule has 2 heterocycles. The van der Waals surface area contributed by atoms with Crippen LogP contribution >= 0.6 is 23.5 Å². The molecule has 3 fully saturated rings. The van der Waals surface area contributed by atoms with Crippen LogP contribution in [0.5, 0.6) is 0 Å². The summed E-state index contributed by atoms with van der Waals surface area (Å²) in [7, 11) is 0. The summed E-state index contributed by atoms with van der Waals surface area (Å²) >= 11 is 4.55. The summed E-state index contributed by atoms with van der Waals surface area (Å²) in [5, 5.41) is 1.97. The van der Waals surface area contributed by atoms with Gasteiger partial charge in [-0.15, -0.1) is 0 Å². The molecule has 0 bridgehead atoms. The van der Waals surface area contributed by atoms with E-state index >= 15 is 0 Å². The van der Waals surface area contributed by atoms with Crippen LogP contribution < -0.4 is 0 Å². The highest BCUT2D eigenvalue weighted by Gasteiger charge is 2.39. The van der Waals surface area contributed by atoms with Crippen molar-refractivity contribution in [2.45, 2.75) is 61.9 Å². The Kier molecular flexibility index (Phi) is 4.09. The fourth-order valence-corrected chi connectivity index (χ4v) is 6.65. The molecule has 3 rings (SSSR count). The summed E-state index contributed by atoms with van der Waals surface area (Å²) in [6.45, 7) is 0. The highest BCUT2D eigenvalue weighted by molar-refractivity contribution is 8.00. The average molecular weight is 255 g/mol. The summed E-state index contributed by atoms with van der Waals surface area (Å²) < 4.78 is 0. The highest BCUT2D eigenvalue weighted by Crippen LogP contribution is 2.49. The Morgan fingerprint density at radius 3 is 2.44 bits per heavy atom. The van der Waals surface area contributed by atoms with Gasteiger partial charge < -0.3 is 0 Å². The average Bonchev–Trinajstić information content (AvgIpc) is 3.03. The van der Waals surface area contributed by atoms with Crippen molar-refractivity contribution in [3.8, 4) is 0 Å². The summed E-state index contributed by atoms with van der Waals surface area (Å²) in [5.41, 5.74) is 0. The summed E-state index contributed by atoms with van der Waals surface area (Å²) in [6, 6.07) is 0. The second-order valence-corrected chi connectivity index (χ2v) is 8.14. The first kappa shape index (κ1) is 11.8. The third-order valence-electron chi connectivity index (χ3n) is 4.46. The van der Waals surface area contributed by atoms with E-state index in [0.717, 1.165) is 16.4 Å². The predicted molar refractivity (Wildman–Crippen MR) is 76.2 cm³/mol. The van der Waals surface area contributed by atoms with Gasteiger partial charge in [-0.3, -0.25) is 0 Å². The van der Waals surface area contributed by atoms with Gasteiger partial charge in [-0.25, -0.2) is 0 Å². The van der Waals surface area contributed by atoms with Gasteiger partial charge in [0.25, 0.3) is 0 Å². The van der Waals surface area contributed by atoms with Crippen molar-refractivity contribution in [2.75, 3.05) is 11.5 Å². The Morgan fingerprint density at radius 1 is 0.812 bits per heavy atom. The molecule has 2 saturated heterocycles. The van der Waals surface area contributed by atoms with E-state index in [1.54, 1.807) is 0 Å². The number of hydrogen-bond donors (Lipinski definition) is 0. The molecule has 1 radical (unpaired) electrons. The van der Waals surface area contributed by atoms with Crippen molar-refractivity contribution in [1.29, 1.82) is 0 Å². The molecule has 0 aromatic carbocycles. The molecule has 0 spiro atoms. The van der Waals surface area contributed by atoms with Crippen molar-refractivity contribution in [2.24, 2.45) is 5.92 Å². The summed E-state index contributed by atoms with van der Waals surface area (Å²) in [4.78, 5) is 0. The standard InChI is InChI=1S/C14H23S2/c1-2-6-12(14-8-4-10-16-14)11(5-1)13-7-3-9-15-13/h11,13-14H,1-10H2. The Balaban J connectivity index is 1.67. The molecule has 0 aromatic heterocycles. The topological polar surface area (TPSA) is 0 Å². The van der Waals surface area contributed by atoms with E-state index < -0.39 is 0 Å². The number of hydrogen-bond acceptors (Lipinski definition) is 2. The quantitative estimate of drug-likeness (QED) is 0.710. The van der Waals surface area contributed by atoms with Crippen LogP contribution in [-0.4, -0.2) is 22.0 Å². The van der Waals surface area contributed by atoms with E-state index in [1.807, 2.05) is 5.92 Å². The monoisotopic (exact) mass is 255 g/mol. The highest BCUT2D eigenvalue weighted by atomic mass is 32.2. The first-order chi connectivity index (χ1) is 7.95. The van der Waals surface area contributed by atoms with Gasteiger partial charge in [0.15, 0.2) is 0 Å². The lowest BCUT2D eigenvalue weighted by Crippen LogP contribution is -2.31. The molecule has 3 unspecified atom stereocenters. The van der Waals surface area contributed by atoms with Crippen LogP contribution in [-0.2, 0) is 0 Å². The van der Waals surface area contributed by atoms with Gasteiger partial charge in [0.1, 0.15) is 0 Å². The van der Waals surface area contributed by atoms with Crippen LogP contribution in [0, 0.1) is 11.8 Å². The second-order valence-electron chi connectivity index (χ2n) is 5.48. The van der Waals surface area contributed by atoms with Crippen LogP contribution in [0.1, 0.15) is 51.4 Å². The van der Waals surface area contributed by atoms with Crippen LogP contribution in [0.4, 0.5) is 0 Å². The Morgan fingerprint density at radius 2 is 1.69 bits per heavy atom. The van der Waals surface area contributed by atoms with E-state index in [2.05, 4.69) is 23.5 Å². The number of thioether (sulfide) groups is 2. The number of rotatable bonds is 2. The normalized spacial score (nSPS) is 41.6. The van der Waals surface area contributed by atoms with E-state index in [4.69, 9.17) is 0 Å². The molecule has 16 heavy (non-hydrogen) atoms. The summed E-state index contributed by atoms with van der Waals surface area (Å²) in [5.74, 6) is 5.87. The van der Waals surface area contributed by atoms with Gasteiger partial charge in [0, 0.05) is 10.5 Å². The molecular formula is C14H23S2. The lowest BCUT2D eigenvalue weighted by Gasteiger charge is -2.38. The van der Waals surface area contributed by atoms with Gasteiger partial charge in [0.2, 0.25) is 0 Å². The van der Waals surface area contributed by atoms with Gasteiger partial charge in [-0.05, 0) is 61.9 Å². The fraction of sp³-hybridized carbons (Fsp3) is 0.929. The third kappa shape index (κ3) is 2.43. The third-order valence-corrected chi connectivity index (χ3v) is 7.45. The van der Waals surface area contributed by atoms with E-state index in [-0.39, 0.29) is 0 Å². The van der Waals surface area contributed by atoms with Gasteiger partial charge in [-0.2, -0.15) is 23.5 Å². The van der Waals surface area contributed by atoms with Crippen molar-refractivity contribution in [3.63, 3.8) is 0 Å². The van der Waals surface area contributed by atoms with Crippen LogP contribution in [0.3, 0.4) is 0 Å². The molecule has 2 aliphatic heterocycles. The molecule has 91 valence electrons. The van der Waals surface area contributed by atoms with Crippen LogP contribution in [0.2, 0.25) is 0 Å². The van der Waals surface area contributed by atoms with Crippen molar-refractivity contribution < 1.29 is 0 Å². The minimum Gasteiger partial charge on any atom is -0.158 e. The lowest BCUT2D eigenvalue weighted by molar-refractivity contribution is 0.362. The van der Waals surface area contributed by atoms with Gasteiger partial charge >= 0.3 is 0 Å². The minimum atomic E-state index is 0.964. The Bertz CT molecular complexity index is 193. The maximum Gasteiger partial charge on any atom is 0.0113 e. The molecule has 0 aromatic rings. The zero-order chi connectivity index (χ0) is 10.8. The lowest BCUT2D eigenvalue weighted by atomic mass is 9.74. The maximum absolute atomic E-state index is 2.28. The Hall–Kier alpha value is 0.700. The first-order valence-corrected chi connectivity index (χ1v) is 9.14. The molecule has 0 nitrogen and oxygen atoms in total. The predicted octanol–water partition coefficient (Wildman–Crippen LogP) is 4.54. The summed E-state index contributed by atoms with van der Waals surface area (Å²) in [6.07, 6.45) is 11.9. The molecule has 0 amide bonds. The van der Waals surface area contributed by atoms with Crippen molar-refractivity contribution >= 4 is 23.5 Å². The Labute approximate surface area is 109 Å². The largest absolute Gasteiger partial charge is 0.158 e. The second kappa shape index (κ2) is 5.56. The van der Waals surface area contributed by atoms with Crippen molar-refractivity contribution in [1.82, 2.24) is 0 Å². The first-order valence-electron chi connectivity index (χ1n) is 7.04. The molecule has 1 saturated carbocycles. The smallest absolute Gasteiger partial charge is 0.0113 e. The van der Waals surface area contributed by atoms with Crippen LogP contribution in [0.15, 0.2) is 0 Å². The maximum atomic E-state index is 2.28. The molecule has 2 heteroatoms.